The van der Waals surface area contributed by atoms with Gasteiger partial charge in [0.15, 0.2) is 0 Å². The van der Waals surface area contributed by atoms with Crippen LogP contribution in [-0.4, -0.2) is 11.8 Å². The smallest absolute Gasteiger partial charge is 0.255 e. The molecule has 4 nitrogen and oxygen atoms in total. The molecule has 0 atom stereocenters. The average molecular weight is 343 g/mol. The van der Waals surface area contributed by atoms with E-state index in [0.717, 1.165) is 29.7 Å². The van der Waals surface area contributed by atoms with Crippen LogP contribution < -0.4 is 10.6 Å². The van der Waals surface area contributed by atoms with Crippen molar-refractivity contribution in [1.82, 2.24) is 5.32 Å². The Hall–Kier alpha value is -2.33. The van der Waals surface area contributed by atoms with Crippen molar-refractivity contribution in [1.29, 1.82) is 0 Å². The molecule has 3 rings (SSSR count). The van der Waals surface area contributed by atoms with Gasteiger partial charge in [0, 0.05) is 28.7 Å². The quantitative estimate of drug-likeness (QED) is 0.865. The van der Waals surface area contributed by atoms with Crippen LogP contribution in [0.1, 0.15) is 34.3 Å². The van der Waals surface area contributed by atoms with Gasteiger partial charge in [-0.05, 0) is 61.2 Å². The lowest BCUT2D eigenvalue weighted by Gasteiger charge is -2.09. The Balaban J connectivity index is 1.59. The molecular weight excluding hydrogens is 324 g/mol. The van der Waals surface area contributed by atoms with Crippen molar-refractivity contribution < 1.29 is 9.59 Å². The molecule has 0 radical (unpaired) electrons. The summed E-state index contributed by atoms with van der Waals surface area (Å²) in [6, 6.07) is 12.6. The number of nitrogens with one attached hydrogen (secondary N) is 2. The number of carbonyl (C=O) groups excluding carboxylic acids is 2. The normalized spacial score (nSPS) is 13.4. The molecular formula is C19H19ClN2O2. The summed E-state index contributed by atoms with van der Waals surface area (Å²) in [4.78, 5) is 23.9. The van der Waals surface area contributed by atoms with E-state index in [2.05, 4.69) is 10.6 Å². The summed E-state index contributed by atoms with van der Waals surface area (Å²) in [6.07, 6.45) is 1.99. The predicted molar refractivity (Wildman–Crippen MR) is 95.2 cm³/mol. The summed E-state index contributed by atoms with van der Waals surface area (Å²) in [7, 11) is 0. The van der Waals surface area contributed by atoms with Crippen LogP contribution in [0.25, 0.3) is 0 Å². The van der Waals surface area contributed by atoms with Gasteiger partial charge in [0.1, 0.15) is 0 Å². The lowest BCUT2D eigenvalue weighted by Crippen LogP contribution is -2.24. The third kappa shape index (κ3) is 4.15. The van der Waals surface area contributed by atoms with E-state index in [9.17, 15) is 9.59 Å². The molecule has 0 unspecified atom stereocenters. The minimum absolute atomic E-state index is 0.120. The highest BCUT2D eigenvalue weighted by molar-refractivity contribution is 6.30. The highest BCUT2D eigenvalue weighted by Gasteiger charge is 2.29. The molecule has 0 aliphatic heterocycles. The molecule has 2 N–H and O–H groups in total. The van der Waals surface area contributed by atoms with E-state index in [1.165, 1.54) is 0 Å². The van der Waals surface area contributed by atoms with Crippen LogP contribution in [0.2, 0.25) is 5.02 Å². The SMILES string of the molecule is Cc1cc(Cl)ccc1NC(=O)c1ccc(CNC(=O)C2CC2)cc1. The maximum absolute atomic E-state index is 12.3. The fourth-order valence-corrected chi connectivity index (χ4v) is 2.64. The maximum atomic E-state index is 12.3. The summed E-state index contributed by atoms with van der Waals surface area (Å²) in [6.45, 7) is 2.39. The monoisotopic (exact) mass is 342 g/mol. The molecule has 0 bridgehead atoms. The second-order valence-corrected chi connectivity index (χ2v) is 6.54. The lowest BCUT2D eigenvalue weighted by atomic mass is 10.1. The van der Waals surface area contributed by atoms with Crippen LogP contribution >= 0.6 is 11.6 Å². The van der Waals surface area contributed by atoms with E-state index in [-0.39, 0.29) is 17.7 Å². The lowest BCUT2D eigenvalue weighted by molar-refractivity contribution is -0.122. The molecule has 0 spiro atoms. The molecule has 0 aromatic heterocycles. The maximum Gasteiger partial charge on any atom is 0.255 e. The zero-order chi connectivity index (χ0) is 17.1. The van der Waals surface area contributed by atoms with Crippen LogP contribution in [0.5, 0.6) is 0 Å². The van der Waals surface area contributed by atoms with E-state index >= 15 is 0 Å². The summed E-state index contributed by atoms with van der Waals surface area (Å²) in [5.74, 6) is 0.154. The van der Waals surface area contributed by atoms with Gasteiger partial charge in [-0.25, -0.2) is 0 Å². The van der Waals surface area contributed by atoms with Crippen LogP contribution in [0.3, 0.4) is 0 Å². The van der Waals surface area contributed by atoms with Crippen molar-refractivity contribution in [3.63, 3.8) is 0 Å². The number of rotatable bonds is 5. The van der Waals surface area contributed by atoms with Gasteiger partial charge in [-0.3, -0.25) is 9.59 Å². The van der Waals surface area contributed by atoms with Crippen molar-refractivity contribution in [3.05, 3.63) is 64.2 Å². The van der Waals surface area contributed by atoms with Crippen molar-refractivity contribution in [2.75, 3.05) is 5.32 Å². The number of benzene rings is 2. The van der Waals surface area contributed by atoms with E-state index in [1.807, 2.05) is 25.1 Å². The molecule has 1 aliphatic carbocycles. The molecule has 1 aliphatic rings. The first-order chi connectivity index (χ1) is 11.5. The highest BCUT2D eigenvalue weighted by atomic mass is 35.5. The van der Waals surface area contributed by atoms with Gasteiger partial charge in [-0.1, -0.05) is 23.7 Å². The van der Waals surface area contributed by atoms with E-state index < -0.39 is 0 Å². The minimum Gasteiger partial charge on any atom is -0.352 e. The average Bonchev–Trinajstić information content (AvgIpc) is 3.40. The van der Waals surface area contributed by atoms with E-state index in [0.29, 0.717) is 17.1 Å². The highest BCUT2D eigenvalue weighted by Crippen LogP contribution is 2.28. The van der Waals surface area contributed by atoms with Crippen LogP contribution in [0.15, 0.2) is 42.5 Å². The Bertz CT molecular complexity index is 767. The van der Waals surface area contributed by atoms with Gasteiger partial charge < -0.3 is 10.6 Å². The number of amides is 2. The summed E-state index contributed by atoms with van der Waals surface area (Å²) < 4.78 is 0. The topological polar surface area (TPSA) is 58.2 Å². The van der Waals surface area contributed by atoms with Gasteiger partial charge in [-0.2, -0.15) is 0 Å². The molecule has 1 fully saturated rings. The van der Waals surface area contributed by atoms with Gasteiger partial charge >= 0.3 is 0 Å². The molecule has 124 valence electrons. The van der Waals surface area contributed by atoms with Crippen molar-refractivity contribution in [3.8, 4) is 0 Å². The zero-order valence-corrected chi connectivity index (χ0v) is 14.2. The third-order valence-corrected chi connectivity index (χ3v) is 4.30. The molecule has 0 saturated heterocycles. The molecule has 0 heterocycles. The number of halogens is 1. The van der Waals surface area contributed by atoms with E-state index in [1.54, 1.807) is 24.3 Å². The predicted octanol–water partition coefficient (Wildman–Crippen LogP) is 3.93. The van der Waals surface area contributed by atoms with Gasteiger partial charge in [0.05, 0.1) is 0 Å². The van der Waals surface area contributed by atoms with Crippen LogP contribution in [0.4, 0.5) is 5.69 Å². The minimum atomic E-state index is -0.172. The number of anilines is 1. The molecule has 5 heteroatoms. The second-order valence-electron chi connectivity index (χ2n) is 6.10. The van der Waals surface area contributed by atoms with Gasteiger partial charge in [-0.15, -0.1) is 0 Å². The first kappa shape index (κ1) is 16.5. The largest absolute Gasteiger partial charge is 0.352 e. The second kappa shape index (κ2) is 7.05. The molecule has 2 amide bonds. The summed E-state index contributed by atoms with van der Waals surface area (Å²) >= 11 is 5.92. The van der Waals surface area contributed by atoms with Crippen molar-refractivity contribution in [2.45, 2.75) is 26.3 Å². The Morgan fingerprint density at radius 3 is 2.46 bits per heavy atom. The summed E-state index contributed by atoms with van der Waals surface area (Å²) in [5, 5.41) is 6.43. The van der Waals surface area contributed by atoms with Crippen molar-refractivity contribution in [2.24, 2.45) is 5.92 Å². The molecule has 2 aromatic carbocycles. The Labute approximate surface area is 146 Å². The standard InChI is InChI=1S/C19H19ClN2O2/c1-12-10-16(20)8-9-17(12)22-19(24)15-4-2-13(3-5-15)11-21-18(23)14-6-7-14/h2-5,8-10,14H,6-7,11H2,1H3,(H,21,23)(H,22,24). The van der Waals surface area contributed by atoms with Crippen LogP contribution in [0, 0.1) is 12.8 Å². The number of aryl methyl sites for hydroxylation is 1. The van der Waals surface area contributed by atoms with Gasteiger partial charge in [0.2, 0.25) is 5.91 Å². The van der Waals surface area contributed by atoms with Crippen LogP contribution in [-0.2, 0) is 11.3 Å². The fourth-order valence-electron chi connectivity index (χ4n) is 2.41. The number of hydrogen-bond acceptors (Lipinski definition) is 2. The van der Waals surface area contributed by atoms with Gasteiger partial charge in [0.25, 0.3) is 5.91 Å². The Morgan fingerprint density at radius 1 is 1.12 bits per heavy atom. The molecule has 24 heavy (non-hydrogen) atoms. The Morgan fingerprint density at radius 2 is 1.83 bits per heavy atom. The van der Waals surface area contributed by atoms with E-state index in [4.69, 9.17) is 11.6 Å². The first-order valence-electron chi connectivity index (χ1n) is 7.97. The summed E-state index contributed by atoms with van der Waals surface area (Å²) in [5.41, 5.74) is 3.20. The number of hydrogen-bond donors (Lipinski definition) is 2. The van der Waals surface area contributed by atoms with Crippen molar-refractivity contribution >= 4 is 29.1 Å². The molecule has 2 aromatic rings. The fraction of sp³-hybridized carbons (Fsp3) is 0.263. The zero-order valence-electron chi connectivity index (χ0n) is 13.4. The Kier molecular flexibility index (Phi) is 4.86. The molecule has 1 saturated carbocycles. The first-order valence-corrected chi connectivity index (χ1v) is 8.35. The third-order valence-electron chi connectivity index (χ3n) is 4.07. The number of carbonyl (C=O) groups is 2.